The van der Waals surface area contributed by atoms with E-state index in [0.717, 1.165) is 12.0 Å². The van der Waals surface area contributed by atoms with Crippen molar-refractivity contribution < 1.29 is 14.5 Å². The Morgan fingerprint density at radius 1 is 1.28 bits per heavy atom. The van der Waals surface area contributed by atoms with Crippen molar-refractivity contribution in [3.63, 3.8) is 0 Å². The van der Waals surface area contributed by atoms with Gasteiger partial charge in [0.1, 0.15) is 5.75 Å². The Hall–Kier alpha value is -3.22. The molecule has 1 atom stereocenters. The van der Waals surface area contributed by atoms with Gasteiger partial charge in [0.15, 0.2) is 0 Å². The van der Waals surface area contributed by atoms with E-state index in [2.05, 4.69) is 10.5 Å². The van der Waals surface area contributed by atoms with Crippen LogP contribution in [0.3, 0.4) is 0 Å². The normalized spacial score (nSPS) is 11.9. The maximum atomic E-state index is 12.0. The number of nitrogens with one attached hydrogen (secondary N) is 1. The first-order valence-corrected chi connectivity index (χ1v) is 7.84. The maximum Gasteiger partial charge on any atom is 0.271 e. The Morgan fingerprint density at radius 3 is 2.60 bits per heavy atom. The number of para-hydroxylation sites is 1. The molecule has 0 bridgehead atoms. The minimum atomic E-state index is -0.520. The van der Waals surface area contributed by atoms with Gasteiger partial charge in [0, 0.05) is 23.3 Å². The summed E-state index contributed by atoms with van der Waals surface area (Å²) in [5.74, 6) is 0.233. The van der Waals surface area contributed by atoms with Gasteiger partial charge >= 0.3 is 0 Å². The summed E-state index contributed by atoms with van der Waals surface area (Å²) in [6, 6.07) is 12.7. The molecule has 2 rings (SSSR count). The van der Waals surface area contributed by atoms with Crippen LogP contribution in [-0.4, -0.2) is 23.1 Å². The van der Waals surface area contributed by atoms with Gasteiger partial charge in [-0.3, -0.25) is 14.9 Å². The van der Waals surface area contributed by atoms with E-state index in [4.69, 9.17) is 4.74 Å². The number of nitro benzene ring substituents is 1. The van der Waals surface area contributed by atoms with E-state index in [0.29, 0.717) is 5.75 Å². The Balaban J connectivity index is 2.03. The molecule has 0 spiro atoms. The summed E-state index contributed by atoms with van der Waals surface area (Å²) in [6.45, 7) is 4.01. The highest BCUT2D eigenvalue weighted by molar-refractivity contribution is 5.95. The van der Waals surface area contributed by atoms with E-state index in [1.165, 1.54) is 30.5 Å². The standard InChI is InChI=1S/C18H19N3O4/c1-3-13(2)25-17-7-5-4-6-15(17)12-19-20-18(22)14-8-10-16(11-9-14)21(23)24/h4-13H,3H2,1-2H3,(H,20,22)/b19-12-/t13-/m0/s1. The van der Waals surface area contributed by atoms with Crippen LogP contribution in [0.5, 0.6) is 5.75 Å². The van der Waals surface area contributed by atoms with Gasteiger partial charge in [0.25, 0.3) is 11.6 Å². The number of carbonyl (C=O) groups excluding carboxylic acids is 1. The second-order valence-electron chi connectivity index (χ2n) is 5.38. The Bertz CT molecular complexity index is 772. The number of non-ortho nitro benzene ring substituents is 1. The summed E-state index contributed by atoms with van der Waals surface area (Å²) >= 11 is 0. The van der Waals surface area contributed by atoms with E-state index in [-0.39, 0.29) is 17.4 Å². The highest BCUT2D eigenvalue weighted by atomic mass is 16.6. The third-order valence-electron chi connectivity index (χ3n) is 3.53. The van der Waals surface area contributed by atoms with Gasteiger partial charge in [0.2, 0.25) is 0 Å². The van der Waals surface area contributed by atoms with Crippen molar-refractivity contribution in [2.24, 2.45) is 5.10 Å². The number of nitrogens with zero attached hydrogens (tertiary/aromatic N) is 2. The second kappa shape index (κ2) is 8.58. The van der Waals surface area contributed by atoms with Crippen molar-refractivity contribution >= 4 is 17.8 Å². The molecule has 0 aliphatic rings. The van der Waals surface area contributed by atoms with E-state index < -0.39 is 10.8 Å². The lowest BCUT2D eigenvalue weighted by Crippen LogP contribution is -2.17. The molecular formula is C18H19N3O4. The Morgan fingerprint density at radius 2 is 1.96 bits per heavy atom. The maximum absolute atomic E-state index is 12.0. The molecule has 1 N–H and O–H groups in total. The smallest absolute Gasteiger partial charge is 0.271 e. The molecule has 25 heavy (non-hydrogen) atoms. The van der Waals surface area contributed by atoms with Gasteiger partial charge in [-0.25, -0.2) is 5.43 Å². The summed E-state index contributed by atoms with van der Waals surface area (Å²) in [7, 11) is 0. The number of hydrazone groups is 1. The van der Waals surface area contributed by atoms with E-state index in [1.54, 1.807) is 0 Å². The second-order valence-corrected chi connectivity index (χ2v) is 5.38. The number of amides is 1. The number of carbonyl (C=O) groups is 1. The van der Waals surface area contributed by atoms with Crippen molar-refractivity contribution in [2.75, 3.05) is 0 Å². The predicted molar refractivity (Wildman–Crippen MR) is 95.0 cm³/mol. The fraction of sp³-hybridized carbons (Fsp3) is 0.222. The highest BCUT2D eigenvalue weighted by Crippen LogP contribution is 2.18. The highest BCUT2D eigenvalue weighted by Gasteiger charge is 2.09. The van der Waals surface area contributed by atoms with Crippen LogP contribution in [0.15, 0.2) is 53.6 Å². The summed E-state index contributed by atoms with van der Waals surface area (Å²) in [5.41, 5.74) is 3.35. The number of rotatable bonds is 7. The summed E-state index contributed by atoms with van der Waals surface area (Å²) in [4.78, 5) is 22.1. The molecule has 0 aromatic heterocycles. The molecule has 130 valence electrons. The van der Waals surface area contributed by atoms with E-state index in [1.807, 2.05) is 38.1 Å². The number of hydrogen-bond acceptors (Lipinski definition) is 5. The fourth-order valence-electron chi connectivity index (χ4n) is 1.95. The summed E-state index contributed by atoms with van der Waals surface area (Å²) < 4.78 is 5.80. The van der Waals surface area contributed by atoms with Gasteiger partial charge in [-0.05, 0) is 37.6 Å². The van der Waals surface area contributed by atoms with Crippen LogP contribution >= 0.6 is 0 Å². The third kappa shape index (κ3) is 5.13. The molecule has 0 radical (unpaired) electrons. The monoisotopic (exact) mass is 341 g/mol. The van der Waals surface area contributed by atoms with Crippen molar-refractivity contribution in [2.45, 2.75) is 26.4 Å². The zero-order valence-electron chi connectivity index (χ0n) is 14.0. The minimum absolute atomic E-state index is 0.0730. The van der Waals surface area contributed by atoms with E-state index >= 15 is 0 Å². The minimum Gasteiger partial charge on any atom is -0.490 e. The fourth-order valence-corrected chi connectivity index (χ4v) is 1.95. The van der Waals surface area contributed by atoms with Crippen molar-refractivity contribution in [1.29, 1.82) is 0 Å². The van der Waals surface area contributed by atoms with Crippen LogP contribution in [0.4, 0.5) is 5.69 Å². The first kappa shape index (κ1) is 18.1. The van der Waals surface area contributed by atoms with Crippen LogP contribution in [-0.2, 0) is 0 Å². The Kier molecular flexibility index (Phi) is 6.22. The van der Waals surface area contributed by atoms with Gasteiger partial charge < -0.3 is 4.74 Å². The molecule has 0 saturated heterocycles. The molecule has 7 heteroatoms. The number of benzene rings is 2. The zero-order valence-corrected chi connectivity index (χ0v) is 14.0. The lowest BCUT2D eigenvalue weighted by Gasteiger charge is -2.14. The van der Waals surface area contributed by atoms with Crippen LogP contribution in [0.25, 0.3) is 0 Å². The van der Waals surface area contributed by atoms with Crippen molar-refractivity contribution in [3.05, 3.63) is 69.8 Å². The molecule has 0 saturated carbocycles. The van der Waals surface area contributed by atoms with Crippen LogP contribution in [0.2, 0.25) is 0 Å². The molecule has 0 heterocycles. The molecule has 2 aromatic rings. The zero-order chi connectivity index (χ0) is 18.2. The summed E-state index contributed by atoms with van der Waals surface area (Å²) in [5, 5.41) is 14.5. The van der Waals surface area contributed by atoms with Crippen LogP contribution in [0.1, 0.15) is 36.2 Å². The first-order valence-electron chi connectivity index (χ1n) is 7.84. The third-order valence-corrected chi connectivity index (χ3v) is 3.53. The number of ether oxygens (including phenoxy) is 1. The average molecular weight is 341 g/mol. The topological polar surface area (TPSA) is 93.8 Å². The molecule has 0 unspecified atom stereocenters. The lowest BCUT2D eigenvalue weighted by atomic mass is 10.2. The summed E-state index contributed by atoms with van der Waals surface area (Å²) in [6.07, 6.45) is 2.45. The number of nitro groups is 1. The first-order chi connectivity index (χ1) is 12.0. The molecule has 7 nitrogen and oxygen atoms in total. The molecule has 0 fully saturated rings. The number of hydrogen-bond donors (Lipinski definition) is 1. The quantitative estimate of drug-likeness (QED) is 0.473. The largest absolute Gasteiger partial charge is 0.490 e. The SMILES string of the molecule is CC[C@H](C)Oc1ccccc1/C=N\NC(=O)c1ccc([N+](=O)[O-])cc1. The van der Waals surface area contributed by atoms with Gasteiger partial charge in [-0.1, -0.05) is 19.1 Å². The Labute approximate surface area is 145 Å². The molecule has 2 aromatic carbocycles. The van der Waals surface area contributed by atoms with Crippen LogP contribution in [0, 0.1) is 10.1 Å². The van der Waals surface area contributed by atoms with E-state index in [9.17, 15) is 14.9 Å². The van der Waals surface area contributed by atoms with Crippen molar-refractivity contribution in [1.82, 2.24) is 5.43 Å². The van der Waals surface area contributed by atoms with Crippen LogP contribution < -0.4 is 10.2 Å². The molecular weight excluding hydrogens is 322 g/mol. The molecule has 0 aliphatic heterocycles. The van der Waals surface area contributed by atoms with Crippen molar-refractivity contribution in [3.8, 4) is 5.75 Å². The predicted octanol–water partition coefficient (Wildman–Crippen LogP) is 3.54. The van der Waals surface area contributed by atoms with Gasteiger partial charge in [-0.2, -0.15) is 5.10 Å². The molecule has 1 amide bonds. The van der Waals surface area contributed by atoms with Gasteiger partial charge in [0.05, 0.1) is 17.2 Å². The lowest BCUT2D eigenvalue weighted by molar-refractivity contribution is -0.384. The molecule has 0 aliphatic carbocycles. The average Bonchev–Trinajstić information content (AvgIpc) is 2.63. The van der Waals surface area contributed by atoms with Gasteiger partial charge in [-0.15, -0.1) is 0 Å².